The highest BCUT2D eigenvalue weighted by Gasteiger charge is 2.50. The summed E-state index contributed by atoms with van der Waals surface area (Å²) in [7, 11) is 4.90. The van der Waals surface area contributed by atoms with Gasteiger partial charge in [0.1, 0.15) is 18.0 Å². The molecule has 32 heavy (non-hydrogen) atoms. The quantitative estimate of drug-likeness (QED) is 0.636. The number of hydrogen-bond donors (Lipinski definition) is 1. The Bertz CT molecular complexity index is 817. The van der Waals surface area contributed by atoms with Crippen LogP contribution < -0.4 is 10.1 Å². The van der Waals surface area contributed by atoms with E-state index in [1.54, 1.807) is 41.1 Å². The number of rotatable bonds is 8. The highest BCUT2D eigenvalue weighted by Crippen LogP contribution is 2.27. The van der Waals surface area contributed by atoms with Crippen molar-refractivity contribution in [2.24, 2.45) is 0 Å². The summed E-state index contributed by atoms with van der Waals surface area (Å²) in [6.07, 6.45) is 0.739. The van der Waals surface area contributed by atoms with Gasteiger partial charge in [-0.15, -0.1) is 0 Å². The summed E-state index contributed by atoms with van der Waals surface area (Å²) >= 11 is 0. The molecule has 10 heteroatoms. The number of hydrogen-bond acceptors (Lipinski definition) is 6. The van der Waals surface area contributed by atoms with Gasteiger partial charge >= 0.3 is 6.03 Å². The molecule has 0 radical (unpaired) electrons. The molecule has 1 aromatic carbocycles. The molecule has 1 aromatic rings. The van der Waals surface area contributed by atoms with Crippen molar-refractivity contribution in [3.63, 3.8) is 0 Å². The molecular formula is C22H33N5O5. The van der Waals surface area contributed by atoms with Crippen LogP contribution in [0.3, 0.4) is 0 Å². The molecule has 2 aliphatic heterocycles. The van der Waals surface area contributed by atoms with Crippen LogP contribution in [0.4, 0.5) is 4.79 Å². The summed E-state index contributed by atoms with van der Waals surface area (Å²) in [4.78, 5) is 42.5. The van der Waals surface area contributed by atoms with Gasteiger partial charge in [0.25, 0.3) is 0 Å². The predicted octanol–water partition coefficient (Wildman–Crippen LogP) is 0.879. The first-order valence-electron chi connectivity index (χ1n) is 10.9. The molecule has 1 N–H and O–H groups in total. The van der Waals surface area contributed by atoms with E-state index in [1.807, 2.05) is 31.2 Å². The molecule has 4 amide bonds. The normalized spacial score (nSPS) is 21.6. The van der Waals surface area contributed by atoms with Crippen molar-refractivity contribution in [3.8, 4) is 5.75 Å². The smallest absolute Gasteiger partial charge is 0.334 e. The number of carbonyl (C=O) groups is 3. The Morgan fingerprint density at radius 3 is 2.53 bits per heavy atom. The van der Waals surface area contributed by atoms with Crippen LogP contribution in [0.25, 0.3) is 0 Å². The van der Waals surface area contributed by atoms with Crippen LogP contribution in [0.2, 0.25) is 0 Å². The number of urea groups is 1. The average molecular weight is 448 g/mol. The standard InChI is InChI=1S/C22H33N5O5/c1-5-6-18-21(29)25(11-12-31-3)14-19-26(18)20(28)15-24(2)27(19)22(30)23-13-16-7-9-17(32-4)10-8-16/h7-10,18-19H,5-6,11-15H2,1-4H3,(H,23,30). The lowest BCUT2D eigenvalue weighted by atomic mass is 10.0. The molecule has 0 aliphatic carbocycles. The molecule has 3 rings (SSSR count). The summed E-state index contributed by atoms with van der Waals surface area (Å²) in [6.45, 7) is 3.41. The van der Waals surface area contributed by atoms with Crippen molar-refractivity contribution < 1.29 is 23.9 Å². The first kappa shape index (κ1) is 23.8. The monoisotopic (exact) mass is 447 g/mol. The Morgan fingerprint density at radius 1 is 1.19 bits per heavy atom. The van der Waals surface area contributed by atoms with E-state index in [4.69, 9.17) is 9.47 Å². The molecule has 10 nitrogen and oxygen atoms in total. The van der Waals surface area contributed by atoms with E-state index in [0.717, 1.165) is 17.7 Å². The van der Waals surface area contributed by atoms with Crippen LogP contribution in [0, 0.1) is 0 Å². The lowest BCUT2D eigenvalue weighted by Crippen LogP contribution is -2.76. The summed E-state index contributed by atoms with van der Waals surface area (Å²) in [5, 5.41) is 6.12. The number of piperazine rings is 1. The first-order valence-corrected chi connectivity index (χ1v) is 10.9. The highest BCUT2D eigenvalue weighted by molar-refractivity contribution is 5.91. The van der Waals surface area contributed by atoms with E-state index in [1.165, 1.54) is 0 Å². The van der Waals surface area contributed by atoms with Crippen LogP contribution >= 0.6 is 0 Å². The number of methoxy groups -OCH3 is 2. The fraction of sp³-hybridized carbons (Fsp3) is 0.591. The van der Waals surface area contributed by atoms with Crippen LogP contribution in [0.15, 0.2) is 24.3 Å². The van der Waals surface area contributed by atoms with E-state index in [-0.39, 0.29) is 30.9 Å². The van der Waals surface area contributed by atoms with E-state index < -0.39 is 12.2 Å². The van der Waals surface area contributed by atoms with Crippen molar-refractivity contribution in [1.29, 1.82) is 0 Å². The van der Waals surface area contributed by atoms with E-state index >= 15 is 0 Å². The topological polar surface area (TPSA) is 94.7 Å². The lowest BCUT2D eigenvalue weighted by molar-refractivity contribution is -0.187. The second-order valence-electron chi connectivity index (χ2n) is 8.03. The van der Waals surface area contributed by atoms with Gasteiger partial charge in [-0.1, -0.05) is 25.5 Å². The Hall–Kier alpha value is -2.85. The van der Waals surface area contributed by atoms with Gasteiger partial charge in [-0.25, -0.2) is 14.8 Å². The third-order valence-electron chi connectivity index (χ3n) is 5.88. The van der Waals surface area contributed by atoms with Crippen molar-refractivity contribution >= 4 is 17.8 Å². The molecular weight excluding hydrogens is 414 g/mol. The van der Waals surface area contributed by atoms with Gasteiger partial charge in [-0.05, 0) is 24.1 Å². The SMILES string of the molecule is CCCC1C(=O)N(CCOC)CC2N1C(=O)CN(C)N2C(=O)NCc1ccc(OC)cc1. The number of amides is 4. The van der Waals surface area contributed by atoms with Crippen molar-refractivity contribution in [2.75, 3.05) is 47.5 Å². The minimum atomic E-state index is -0.575. The van der Waals surface area contributed by atoms with Crippen LogP contribution in [0.5, 0.6) is 5.75 Å². The number of fused-ring (bicyclic) bond motifs is 1. The number of likely N-dealkylation sites (N-methyl/N-ethyl adjacent to an activating group) is 1. The minimum absolute atomic E-state index is 0.0397. The largest absolute Gasteiger partial charge is 0.497 e. The second kappa shape index (κ2) is 10.6. The predicted molar refractivity (Wildman–Crippen MR) is 117 cm³/mol. The van der Waals surface area contributed by atoms with Gasteiger partial charge in [-0.2, -0.15) is 0 Å². The maximum atomic E-state index is 13.2. The highest BCUT2D eigenvalue weighted by atomic mass is 16.5. The molecule has 0 spiro atoms. The van der Waals surface area contributed by atoms with Crippen LogP contribution in [-0.2, 0) is 20.9 Å². The van der Waals surface area contributed by atoms with Gasteiger partial charge in [-0.3, -0.25) is 9.59 Å². The Balaban J connectivity index is 1.79. The molecule has 2 unspecified atom stereocenters. The zero-order valence-corrected chi connectivity index (χ0v) is 19.2. The molecule has 0 bridgehead atoms. The molecule has 0 saturated carbocycles. The second-order valence-corrected chi connectivity index (χ2v) is 8.03. The molecule has 2 heterocycles. The summed E-state index contributed by atoms with van der Waals surface area (Å²) in [5.41, 5.74) is 0.927. The van der Waals surface area contributed by atoms with Crippen molar-refractivity contribution in [3.05, 3.63) is 29.8 Å². The summed E-state index contributed by atoms with van der Waals surface area (Å²) < 4.78 is 10.3. The summed E-state index contributed by atoms with van der Waals surface area (Å²) in [5.74, 6) is 0.515. The van der Waals surface area contributed by atoms with Gasteiger partial charge < -0.3 is 24.6 Å². The zero-order chi connectivity index (χ0) is 23.3. The number of nitrogens with zero attached hydrogens (tertiary/aromatic N) is 4. The number of benzene rings is 1. The Kier molecular flexibility index (Phi) is 7.92. The average Bonchev–Trinajstić information content (AvgIpc) is 2.78. The summed E-state index contributed by atoms with van der Waals surface area (Å²) in [6, 6.07) is 6.56. The fourth-order valence-electron chi connectivity index (χ4n) is 4.26. The number of nitrogens with one attached hydrogen (secondary N) is 1. The fourth-order valence-corrected chi connectivity index (χ4v) is 4.26. The number of ether oxygens (including phenoxy) is 2. The Morgan fingerprint density at radius 2 is 1.91 bits per heavy atom. The Labute approximate surface area is 189 Å². The number of hydrazine groups is 1. The van der Waals surface area contributed by atoms with Gasteiger partial charge in [0.05, 0.1) is 26.8 Å². The molecule has 2 saturated heterocycles. The molecule has 2 atom stereocenters. The molecule has 2 aliphatic rings. The van der Waals surface area contributed by atoms with Crippen LogP contribution in [0.1, 0.15) is 25.3 Å². The molecule has 176 valence electrons. The molecule has 2 fully saturated rings. The number of carbonyl (C=O) groups excluding carboxylic acids is 3. The zero-order valence-electron chi connectivity index (χ0n) is 19.2. The van der Waals surface area contributed by atoms with Gasteiger partial charge in [0.2, 0.25) is 11.8 Å². The van der Waals surface area contributed by atoms with Crippen LogP contribution in [-0.4, -0.2) is 97.4 Å². The van der Waals surface area contributed by atoms with Gasteiger partial charge in [0, 0.05) is 27.2 Å². The lowest BCUT2D eigenvalue weighted by Gasteiger charge is -2.54. The van der Waals surface area contributed by atoms with E-state index in [2.05, 4.69) is 5.32 Å². The van der Waals surface area contributed by atoms with Gasteiger partial charge in [0.15, 0.2) is 0 Å². The third kappa shape index (κ3) is 4.97. The van der Waals surface area contributed by atoms with E-state index in [0.29, 0.717) is 26.1 Å². The van der Waals surface area contributed by atoms with E-state index in [9.17, 15) is 14.4 Å². The maximum Gasteiger partial charge on any atom is 0.334 e. The van der Waals surface area contributed by atoms with Crippen molar-refractivity contribution in [1.82, 2.24) is 25.1 Å². The van der Waals surface area contributed by atoms with Crippen molar-refractivity contribution in [2.45, 2.75) is 38.5 Å². The maximum absolute atomic E-state index is 13.2. The third-order valence-corrected chi connectivity index (χ3v) is 5.88. The minimum Gasteiger partial charge on any atom is -0.497 e. The molecule has 0 aromatic heterocycles. The first-order chi connectivity index (χ1) is 15.4.